The standard InChI is InChI=1S/C13H12IN/c1-9-6-7-13-11(8-9)10-4-2-3-5-12(10)15(13)14/h2-8,10,12H,1H3/t10-,12-/m0/s1. The monoisotopic (exact) mass is 309 g/mol. The lowest BCUT2D eigenvalue weighted by atomic mass is 9.91. The average molecular weight is 309 g/mol. The fourth-order valence-corrected chi connectivity index (χ4v) is 3.37. The van der Waals surface area contributed by atoms with Crippen molar-refractivity contribution in [1.82, 2.24) is 0 Å². The molecule has 0 N–H and O–H groups in total. The van der Waals surface area contributed by atoms with E-state index in [1.165, 1.54) is 16.8 Å². The van der Waals surface area contributed by atoms with Crippen LogP contribution in [-0.2, 0) is 0 Å². The Morgan fingerprint density at radius 3 is 2.87 bits per heavy atom. The van der Waals surface area contributed by atoms with Crippen LogP contribution in [0.1, 0.15) is 17.0 Å². The molecule has 0 spiro atoms. The van der Waals surface area contributed by atoms with Crippen molar-refractivity contribution in [2.45, 2.75) is 18.9 Å². The van der Waals surface area contributed by atoms with Gasteiger partial charge in [-0.25, -0.2) is 0 Å². The van der Waals surface area contributed by atoms with Crippen molar-refractivity contribution in [3.8, 4) is 0 Å². The van der Waals surface area contributed by atoms with E-state index in [0.717, 1.165) is 0 Å². The van der Waals surface area contributed by atoms with Crippen molar-refractivity contribution in [3.63, 3.8) is 0 Å². The van der Waals surface area contributed by atoms with Gasteiger partial charge in [-0.3, -0.25) is 0 Å². The van der Waals surface area contributed by atoms with Crippen LogP contribution in [0.15, 0.2) is 42.5 Å². The zero-order valence-electron chi connectivity index (χ0n) is 8.52. The van der Waals surface area contributed by atoms with Gasteiger partial charge < -0.3 is 3.11 Å². The minimum atomic E-state index is 0.507. The summed E-state index contributed by atoms with van der Waals surface area (Å²) >= 11 is 2.42. The molecule has 0 saturated heterocycles. The summed E-state index contributed by atoms with van der Waals surface area (Å²) in [5, 5.41) is 0. The molecular formula is C13H12IN. The van der Waals surface area contributed by atoms with Crippen molar-refractivity contribution >= 4 is 28.6 Å². The highest BCUT2D eigenvalue weighted by Gasteiger charge is 2.35. The predicted molar refractivity (Wildman–Crippen MR) is 72.5 cm³/mol. The third-order valence-electron chi connectivity index (χ3n) is 3.14. The molecule has 1 aromatic rings. The summed E-state index contributed by atoms with van der Waals surface area (Å²) in [6.07, 6.45) is 8.89. The van der Waals surface area contributed by atoms with Gasteiger partial charge in [0, 0.05) is 5.92 Å². The van der Waals surface area contributed by atoms with E-state index < -0.39 is 0 Å². The van der Waals surface area contributed by atoms with E-state index in [4.69, 9.17) is 0 Å². The van der Waals surface area contributed by atoms with E-state index >= 15 is 0 Å². The molecule has 0 amide bonds. The van der Waals surface area contributed by atoms with Gasteiger partial charge in [-0.2, -0.15) is 0 Å². The quantitative estimate of drug-likeness (QED) is 0.521. The highest BCUT2D eigenvalue weighted by molar-refractivity contribution is 14.1. The highest BCUT2D eigenvalue weighted by atomic mass is 127. The minimum Gasteiger partial charge on any atom is -0.307 e. The Hall–Kier alpha value is -0.770. The summed E-state index contributed by atoms with van der Waals surface area (Å²) in [6, 6.07) is 7.24. The molecule has 1 aromatic carbocycles. The van der Waals surface area contributed by atoms with Crippen LogP contribution in [0.3, 0.4) is 0 Å². The Kier molecular flexibility index (Phi) is 2.12. The van der Waals surface area contributed by atoms with E-state index in [2.05, 4.69) is 75.4 Å². The van der Waals surface area contributed by atoms with Gasteiger partial charge in [0.15, 0.2) is 0 Å². The third-order valence-corrected chi connectivity index (χ3v) is 4.30. The molecule has 0 saturated carbocycles. The first kappa shape index (κ1) is 9.46. The molecule has 0 bridgehead atoms. The van der Waals surface area contributed by atoms with Crippen molar-refractivity contribution < 1.29 is 0 Å². The van der Waals surface area contributed by atoms with Crippen LogP contribution in [0.25, 0.3) is 0 Å². The summed E-state index contributed by atoms with van der Waals surface area (Å²) < 4.78 is 2.34. The van der Waals surface area contributed by atoms with Gasteiger partial charge in [-0.1, -0.05) is 42.0 Å². The average Bonchev–Trinajstić information content (AvgIpc) is 2.54. The van der Waals surface area contributed by atoms with Gasteiger partial charge in [0.05, 0.1) is 34.6 Å². The second kappa shape index (κ2) is 3.37. The van der Waals surface area contributed by atoms with Gasteiger partial charge in [0.2, 0.25) is 0 Å². The van der Waals surface area contributed by atoms with Gasteiger partial charge in [-0.05, 0) is 18.6 Å². The molecule has 1 nitrogen and oxygen atoms in total. The zero-order valence-corrected chi connectivity index (χ0v) is 10.7. The van der Waals surface area contributed by atoms with Gasteiger partial charge in [0.25, 0.3) is 0 Å². The highest BCUT2D eigenvalue weighted by Crippen LogP contribution is 2.45. The molecule has 2 aliphatic rings. The SMILES string of the molecule is Cc1ccc2c(c1)[C@@H]1C=CC=C[C@@H]1N2I. The summed E-state index contributed by atoms with van der Waals surface area (Å²) in [4.78, 5) is 0. The Morgan fingerprint density at radius 2 is 2.00 bits per heavy atom. The van der Waals surface area contributed by atoms with Crippen LogP contribution in [0.5, 0.6) is 0 Å². The van der Waals surface area contributed by atoms with E-state index in [9.17, 15) is 0 Å². The lowest BCUT2D eigenvalue weighted by molar-refractivity contribution is 0.781. The molecule has 0 unspecified atom stereocenters. The first-order chi connectivity index (χ1) is 7.27. The number of benzene rings is 1. The number of allylic oxidation sites excluding steroid dienone is 2. The largest absolute Gasteiger partial charge is 0.307 e. The molecule has 0 radical (unpaired) electrons. The first-order valence-corrected chi connectivity index (χ1v) is 6.14. The zero-order chi connectivity index (χ0) is 10.4. The molecule has 0 fully saturated rings. The van der Waals surface area contributed by atoms with Crippen molar-refractivity contribution in [2.24, 2.45) is 0 Å². The van der Waals surface area contributed by atoms with E-state index in [0.29, 0.717) is 12.0 Å². The Morgan fingerprint density at radius 1 is 1.20 bits per heavy atom. The Bertz CT molecular complexity index is 462. The van der Waals surface area contributed by atoms with Crippen LogP contribution in [0.2, 0.25) is 0 Å². The third kappa shape index (κ3) is 1.34. The lowest BCUT2D eigenvalue weighted by Gasteiger charge is -2.21. The first-order valence-electron chi connectivity index (χ1n) is 5.18. The Balaban J connectivity index is 2.17. The number of nitrogens with zero attached hydrogens (tertiary/aromatic N) is 1. The fourth-order valence-electron chi connectivity index (χ4n) is 2.40. The van der Waals surface area contributed by atoms with Gasteiger partial charge in [0.1, 0.15) is 0 Å². The Labute approximate surface area is 104 Å². The normalized spacial score (nSPS) is 26.7. The van der Waals surface area contributed by atoms with E-state index in [1.54, 1.807) is 0 Å². The molecule has 1 heterocycles. The minimum absolute atomic E-state index is 0.507. The second-order valence-electron chi connectivity index (χ2n) is 4.16. The van der Waals surface area contributed by atoms with Crippen molar-refractivity contribution in [2.75, 3.05) is 3.11 Å². The second-order valence-corrected chi connectivity index (χ2v) is 5.20. The molecule has 15 heavy (non-hydrogen) atoms. The molecule has 1 aliphatic heterocycles. The molecule has 3 rings (SSSR count). The fraction of sp³-hybridized carbons (Fsp3) is 0.231. The number of anilines is 1. The van der Waals surface area contributed by atoms with Crippen LogP contribution in [0.4, 0.5) is 5.69 Å². The van der Waals surface area contributed by atoms with Crippen molar-refractivity contribution in [1.29, 1.82) is 0 Å². The van der Waals surface area contributed by atoms with Crippen LogP contribution < -0.4 is 3.11 Å². The number of hydrogen-bond donors (Lipinski definition) is 0. The smallest absolute Gasteiger partial charge is 0.0679 e. The molecule has 0 aromatic heterocycles. The number of rotatable bonds is 0. The number of fused-ring (bicyclic) bond motifs is 3. The topological polar surface area (TPSA) is 3.24 Å². The van der Waals surface area contributed by atoms with Crippen LogP contribution >= 0.6 is 22.9 Å². The summed E-state index contributed by atoms with van der Waals surface area (Å²) in [6.45, 7) is 2.16. The predicted octanol–water partition coefficient (Wildman–Crippen LogP) is 3.74. The van der Waals surface area contributed by atoms with Gasteiger partial charge in [-0.15, -0.1) is 0 Å². The summed E-state index contributed by atoms with van der Waals surface area (Å²) in [5.74, 6) is 0.543. The summed E-state index contributed by atoms with van der Waals surface area (Å²) in [5.41, 5.74) is 4.18. The number of aryl methyl sites for hydroxylation is 1. The number of hydrogen-bond acceptors (Lipinski definition) is 1. The number of halogens is 1. The maximum atomic E-state index is 2.42. The molecule has 76 valence electrons. The van der Waals surface area contributed by atoms with E-state index in [-0.39, 0.29) is 0 Å². The molecule has 2 heteroatoms. The molecule has 2 atom stereocenters. The lowest BCUT2D eigenvalue weighted by Crippen LogP contribution is -2.23. The summed E-state index contributed by atoms with van der Waals surface area (Å²) in [7, 11) is 0. The van der Waals surface area contributed by atoms with Crippen LogP contribution in [0, 0.1) is 6.92 Å². The van der Waals surface area contributed by atoms with Crippen molar-refractivity contribution in [3.05, 3.63) is 53.6 Å². The maximum Gasteiger partial charge on any atom is 0.0679 e. The molecule has 1 aliphatic carbocycles. The molecular weight excluding hydrogens is 297 g/mol. The van der Waals surface area contributed by atoms with Gasteiger partial charge >= 0.3 is 0 Å². The maximum absolute atomic E-state index is 2.42. The van der Waals surface area contributed by atoms with Crippen LogP contribution in [-0.4, -0.2) is 6.04 Å². The van der Waals surface area contributed by atoms with E-state index in [1.807, 2.05) is 0 Å².